The molecule has 0 fully saturated rings. The summed E-state index contributed by atoms with van der Waals surface area (Å²) < 4.78 is 0. The molecule has 2 aromatic carbocycles. The van der Waals surface area contributed by atoms with Gasteiger partial charge in [-0.2, -0.15) is 10.2 Å². The Morgan fingerprint density at radius 3 is 1.40 bits per heavy atom. The Hall–Kier alpha value is -2.22. The minimum absolute atomic E-state index is 1.10. The molecule has 0 heterocycles. The van der Waals surface area contributed by atoms with Crippen molar-refractivity contribution in [2.24, 2.45) is 10.2 Å². The van der Waals surface area contributed by atoms with Gasteiger partial charge in [-0.15, -0.1) is 0 Å². The Labute approximate surface area is 120 Å². The van der Waals surface area contributed by atoms with E-state index >= 15 is 0 Å². The second-order valence-corrected chi connectivity index (χ2v) is 5.21. The third kappa shape index (κ3) is 3.64. The van der Waals surface area contributed by atoms with Crippen LogP contribution >= 0.6 is 0 Å². The predicted molar refractivity (Wildman–Crippen MR) is 87.0 cm³/mol. The Kier molecular flexibility index (Phi) is 4.46. The first kappa shape index (κ1) is 14.2. The van der Waals surface area contributed by atoms with Crippen molar-refractivity contribution in [3.05, 3.63) is 69.8 Å². The van der Waals surface area contributed by atoms with E-state index in [0.29, 0.717) is 0 Å². The van der Waals surface area contributed by atoms with Gasteiger partial charge in [0, 0.05) is 0 Å². The molecular formula is C18H20N2. The Morgan fingerprint density at radius 1 is 0.650 bits per heavy atom. The fourth-order valence-corrected chi connectivity index (χ4v) is 2.13. The Bertz CT molecular complexity index is 608. The second kappa shape index (κ2) is 6.29. The molecule has 0 bridgehead atoms. The van der Waals surface area contributed by atoms with E-state index in [2.05, 4.69) is 74.3 Å². The number of benzene rings is 2. The van der Waals surface area contributed by atoms with E-state index in [1.165, 1.54) is 22.3 Å². The third-order valence-corrected chi connectivity index (χ3v) is 3.31. The first-order valence-corrected chi connectivity index (χ1v) is 6.77. The number of rotatable bonds is 3. The van der Waals surface area contributed by atoms with Crippen LogP contribution in [0.5, 0.6) is 0 Å². The van der Waals surface area contributed by atoms with Crippen LogP contribution in [0.15, 0.2) is 46.6 Å². The largest absolute Gasteiger partial charge is 0.159 e. The SMILES string of the molecule is Cc1ccc(C=NN=Cc2ccc(C)cc2C)c(C)c1. The highest BCUT2D eigenvalue weighted by atomic mass is 15.2. The lowest BCUT2D eigenvalue weighted by Gasteiger charge is -2.00. The van der Waals surface area contributed by atoms with Crippen LogP contribution in [-0.2, 0) is 0 Å². The average molecular weight is 264 g/mol. The maximum absolute atomic E-state index is 4.14. The first-order chi connectivity index (χ1) is 9.56. The molecule has 0 amide bonds. The molecule has 0 unspecified atom stereocenters. The fourth-order valence-electron chi connectivity index (χ4n) is 2.13. The molecule has 0 saturated heterocycles. The summed E-state index contributed by atoms with van der Waals surface area (Å²) in [7, 11) is 0. The molecule has 0 aromatic heterocycles. The van der Waals surface area contributed by atoms with Gasteiger partial charge in [0.1, 0.15) is 0 Å². The van der Waals surface area contributed by atoms with Gasteiger partial charge >= 0.3 is 0 Å². The minimum Gasteiger partial charge on any atom is -0.159 e. The summed E-state index contributed by atoms with van der Waals surface area (Å²) in [4.78, 5) is 0. The van der Waals surface area contributed by atoms with E-state index in [-0.39, 0.29) is 0 Å². The summed E-state index contributed by atoms with van der Waals surface area (Å²) in [5.74, 6) is 0. The maximum Gasteiger partial charge on any atom is 0.0570 e. The molecule has 102 valence electrons. The summed E-state index contributed by atoms with van der Waals surface area (Å²) in [5, 5.41) is 8.27. The van der Waals surface area contributed by atoms with Crippen LogP contribution in [0.4, 0.5) is 0 Å². The molecule has 0 radical (unpaired) electrons. The molecule has 2 heteroatoms. The molecule has 0 aliphatic heterocycles. The number of hydrogen-bond acceptors (Lipinski definition) is 2. The number of hydrogen-bond donors (Lipinski definition) is 0. The van der Waals surface area contributed by atoms with Crippen LogP contribution in [0.25, 0.3) is 0 Å². The van der Waals surface area contributed by atoms with Crippen molar-refractivity contribution >= 4 is 12.4 Å². The van der Waals surface area contributed by atoms with Crippen molar-refractivity contribution < 1.29 is 0 Å². The molecule has 0 spiro atoms. The molecule has 20 heavy (non-hydrogen) atoms. The van der Waals surface area contributed by atoms with Gasteiger partial charge in [-0.05, 0) is 49.9 Å². The summed E-state index contributed by atoms with van der Waals surface area (Å²) in [6, 6.07) is 12.6. The van der Waals surface area contributed by atoms with Crippen LogP contribution in [0.3, 0.4) is 0 Å². The predicted octanol–water partition coefficient (Wildman–Crippen LogP) is 4.37. The summed E-state index contributed by atoms with van der Waals surface area (Å²) in [6.07, 6.45) is 3.60. The highest BCUT2D eigenvalue weighted by molar-refractivity contribution is 5.84. The van der Waals surface area contributed by atoms with Crippen molar-refractivity contribution in [2.75, 3.05) is 0 Å². The van der Waals surface area contributed by atoms with E-state index in [9.17, 15) is 0 Å². The van der Waals surface area contributed by atoms with Crippen molar-refractivity contribution in [1.82, 2.24) is 0 Å². The van der Waals surface area contributed by atoms with Gasteiger partial charge in [-0.3, -0.25) is 0 Å². The van der Waals surface area contributed by atoms with Gasteiger partial charge in [0.15, 0.2) is 0 Å². The third-order valence-electron chi connectivity index (χ3n) is 3.31. The molecule has 0 aliphatic carbocycles. The van der Waals surface area contributed by atoms with Crippen molar-refractivity contribution in [2.45, 2.75) is 27.7 Å². The van der Waals surface area contributed by atoms with E-state index in [1.807, 2.05) is 0 Å². The molecule has 0 saturated carbocycles. The van der Waals surface area contributed by atoms with Gasteiger partial charge in [0.25, 0.3) is 0 Å². The van der Waals surface area contributed by atoms with Gasteiger partial charge in [-0.25, -0.2) is 0 Å². The molecule has 0 N–H and O–H groups in total. The smallest absolute Gasteiger partial charge is 0.0570 e. The van der Waals surface area contributed by atoms with Crippen molar-refractivity contribution in [1.29, 1.82) is 0 Å². The summed E-state index contributed by atoms with van der Waals surface area (Å²) in [6.45, 7) is 8.35. The highest BCUT2D eigenvalue weighted by Gasteiger charge is 1.95. The van der Waals surface area contributed by atoms with E-state index in [0.717, 1.165) is 11.1 Å². The maximum atomic E-state index is 4.14. The van der Waals surface area contributed by atoms with Crippen LogP contribution in [-0.4, -0.2) is 12.4 Å². The van der Waals surface area contributed by atoms with E-state index in [1.54, 1.807) is 12.4 Å². The molecule has 0 atom stereocenters. The Morgan fingerprint density at radius 2 is 1.05 bits per heavy atom. The van der Waals surface area contributed by atoms with Gasteiger partial charge in [-0.1, -0.05) is 47.5 Å². The van der Waals surface area contributed by atoms with Crippen molar-refractivity contribution in [3.63, 3.8) is 0 Å². The van der Waals surface area contributed by atoms with Gasteiger partial charge < -0.3 is 0 Å². The fraction of sp³-hybridized carbons (Fsp3) is 0.222. The zero-order valence-corrected chi connectivity index (χ0v) is 12.5. The normalized spacial score (nSPS) is 11.6. The molecular weight excluding hydrogens is 244 g/mol. The summed E-state index contributed by atoms with van der Waals surface area (Å²) >= 11 is 0. The zero-order chi connectivity index (χ0) is 14.5. The monoisotopic (exact) mass is 264 g/mol. The van der Waals surface area contributed by atoms with E-state index in [4.69, 9.17) is 0 Å². The zero-order valence-electron chi connectivity index (χ0n) is 12.5. The summed E-state index contributed by atoms with van der Waals surface area (Å²) in [5.41, 5.74) is 7.17. The molecule has 2 rings (SSSR count). The minimum atomic E-state index is 1.10. The molecule has 2 nitrogen and oxygen atoms in total. The Balaban J connectivity index is 2.11. The van der Waals surface area contributed by atoms with Crippen LogP contribution < -0.4 is 0 Å². The van der Waals surface area contributed by atoms with Crippen LogP contribution in [0, 0.1) is 27.7 Å². The lowest BCUT2D eigenvalue weighted by molar-refractivity contribution is 1.25. The standard InChI is InChI=1S/C18H20N2/c1-13-5-7-17(15(3)9-13)11-19-20-12-18-8-6-14(2)10-16(18)4/h5-12H,1-4H3. The van der Waals surface area contributed by atoms with Crippen molar-refractivity contribution in [3.8, 4) is 0 Å². The van der Waals surface area contributed by atoms with Gasteiger partial charge in [0.2, 0.25) is 0 Å². The van der Waals surface area contributed by atoms with Crippen LogP contribution in [0.1, 0.15) is 33.4 Å². The van der Waals surface area contributed by atoms with Gasteiger partial charge in [0.05, 0.1) is 12.4 Å². The lowest BCUT2D eigenvalue weighted by atomic mass is 10.1. The second-order valence-electron chi connectivity index (χ2n) is 5.21. The number of aryl methyl sites for hydroxylation is 4. The highest BCUT2D eigenvalue weighted by Crippen LogP contribution is 2.09. The first-order valence-electron chi connectivity index (χ1n) is 6.77. The van der Waals surface area contributed by atoms with Crippen LogP contribution in [0.2, 0.25) is 0 Å². The number of nitrogens with zero attached hydrogens (tertiary/aromatic N) is 2. The lowest BCUT2D eigenvalue weighted by Crippen LogP contribution is -1.89. The average Bonchev–Trinajstić information content (AvgIpc) is 2.39. The van der Waals surface area contributed by atoms with E-state index < -0.39 is 0 Å². The molecule has 0 aliphatic rings. The molecule has 2 aromatic rings. The topological polar surface area (TPSA) is 24.7 Å². The quantitative estimate of drug-likeness (QED) is 0.581.